The number of nitrogens with zero attached hydrogens (tertiary/aromatic N) is 2. The number of para-hydroxylation sites is 1. The molecule has 0 aliphatic carbocycles. The van der Waals surface area contributed by atoms with Gasteiger partial charge in [0.25, 0.3) is 0 Å². The number of nitrogens with one attached hydrogen (secondary N) is 1. The second-order valence-electron chi connectivity index (χ2n) is 3.35. The first-order valence-electron chi connectivity index (χ1n) is 4.86. The molecule has 2 rings (SSSR count). The lowest BCUT2D eigenvalue weighted by atomic mass is 10.3. The smallest absolute Gasteiger partial charge is 0.148 e. The molecular weight excluding hydrogens is 229 g/mol. The fraction of sp³-hybridized carbons (Fsp3) is 0.182. The van der Waals surface area contributed by atoms with Crippen molar-refractivity contribution < 1.29 is 4.39 Å². The Labute approximate surface area is 97.8 Å². The van der Waals surface area contributed by atoms with Crippen LogP contribution in [0.2, 0.25) is 5.02 Å². The van der Waals surface area contributed by atoms with Crippen LogP contribution in [0.1, 0.15) is 5.69 Å². The van der Waals surface area contributed by atoms with Gasteiger partial charge in [-0.3, -0.25) is 0 Å². The molecule has 0 saturated carbocycles. The standard InChI is InChI=1S/C11H11ClFN3/c1-14-6-10-8(12)7-16(15-10)11-5-3-2-4-9(11)13/h2-5,7,14H,6H2,1H3. The molecule has 0 saturated heterocycles. The Morgan fingerprint density at radius 1 is 1.44 bits per heavy atom. The molecule has 0 radical (unpaired) electrons. The number of halogens is 2. The Morgan fingerprint density at radius 3 is 2.88 bits per heavy atom. The highest BCUT2D eigenvalue weighted by Crippen LogP contribution is 2.18. The highest BCUT2D eigenvalue weighted by molar-refractivity contribution is 6.31. The lowest BCUT2D eigenvalue weighted by Crippen LogP contribution is -2.07. The minimum Gasteiger partial charge on any atom is -0.314 e. The molecule has 1 aromatic heterocycles. The van der Waals surface area contributed by atoms with Crippen LogP contribution >= 0.6 is 11.6 Å². The molecule has 0 fully saturated rings. The van der Waals surface area contributed by atoms with Crippen molar-refractivity contribution in [3.8, 4) is 5.69 Å². The van der Waals surface area contributed by atoms with E-state index in [1.807, 2.05) is 0 Å². The van der Waals surface area contributed by atoms with Crippen LogP contribution in [0.15, 0.2) is 30.5 Å². The Bertz CT molecular complexity index is 496. The first kappa shape index (κ1) is 11.1. The second kappa shape index (κ2) is 4.63. The average molecular weight is 240 g/mol. The van der Waals surface area contributed by atoms with Crippen LogP contribution < -0.4 is 5.32 Å². The van der Waals surface area contributed by atoms with E-state index in [1.165, 1.54) is 10.7 Å². The molecule has 0 unspecified atom stereocenters. The van der Waals surface area contributed by atoms with Gasteiger partial charge in [0.05, 0.1) is 10.7 Å². The van der Waals surface area contributed by atoms with Crippen LogP contribution in [0.25, 0.3) is 5.69 Å². The zero-order chi connectivity index (χ0) is 11.5. The molecule has 0 amide bonds. The number of hydrogen-bond acceptors (Lipinski definition) is 2. The Hall–Kier alpha value is -1.39. The maximum Gasteiger partial charge on any atom is 0.148 e. The maximum absolute atomic E-state index is 13.5. The van der Waals surface area contributed by atoms with Gasteiger partial charge in [-0.2, -0.15) is 5.10 Å². The van der Waals surface area contributed by atoms with E-state index in [-0.39, 0.29) is 5.82 Å². The Morgan fingerprint density at radius 2 is 2.19 bits per heavy atom. The zero-order valence-electron chi connectivity index (χ0n) is 8.74. The average Bonchev–Trinajstić information content (AvgIpc) is 2.61. The molecule has 0 spiro atoms. The van der Waals surface area contributed by atoms with Crippen LogP contribution in [0.4, 0.5) is 4.39 Å². The highest BCUT2D eigenvalue weighted by atomic mass is 35.5. The van der Waals surface area contributed by atoms with Crippen LogP contribution in [-0.2, 0) is 6.54 Å². The van der Waals surface area contributed by atoms with Gasteiger partial charge in [0.1, 0.15) is 11.5 Å². The molecule has 84 valence electrons. The quantitative estimate of drug-likeness (QED) is 0.891. The Balaban J connectivity index is 2.42. The van der Waals surface area contributed by atoms with Crippen molar-refractivity contribution in [1.82, 2.24) is 15.1 Å². The van der Waals surface area contributed by atoms with Crippen molar-refractivity contribution in [3.05, 3.63) is 47.0 Å². The molecule has 0 aliphatic heterocycles. The molecular formula is C11H11ClFN3. The van der Waals surface area contributed by atoms with Gasteiger partial charge in [0.15, 0.2) is 0 Å². The summed E-state index contributed by atoms with van der Waals surface area (Å²) in [5, 5.41) is 7.69. The summed E-state index contributed by atoms with van der Waals surface area (Å²) < 4.78 is 14.9. The van der Waals surface area contributed by atoms with E-state index in [0.29, 0.717) is 22.9 Å². The largest absolute Gasteiger partial charge is 0.314 e. The van der Waals surface area contributed by atoms with E-state index in [4.69, 9.17) is 11.6 Å². The van der Waals surface area contributed by atoms with E-state index in [9.17, 15) is 4.39 Å². The number of benzene rings is 1. The van der Waals surface area contributed by atoms with E-state index < -0.39 is 0 Å². The SMILES string of the molecule is CNCc1nn(-c2ccccc2F)cc1Cl. The molecule has 0 atom stereocenters. The van der Waals surface area contributed by atoms with E-state index in [0.717, 1.165) is 0 Å². The fourth-order valence-electron chi connectivity index (χ4n) is 1.44. The molecule has 2 aromatic rings. The summed E-state index contributed by atoms with van der Waals surface area (Å²) in [6.45, 7) is 0.556. The molecule has 16 heavy (non-hydrogen) atoms. The van der Waals surface area contributed by atoms with Crippen molar-refractivity contribution in [3.63, 3.8) is 0 Å². The van der Waals surface area contributed by atoms with Gasteiger partial charge in [-0.25, -0.2) is 9.07 Å². The van der Waals surface area contributed by atoms with Crippen molar-refractivity contribution in [1.29, 1.82) is 0 Å². The van der Waals surface area contributed by atoms with E-state index in [1.54, 1.807) is 31.4 Å². The third-order valence-corrected chi connectivity index (χ3v) is 2.50. The van der Waals surface area contributed by atoms with Crippen molar-refractivity contribution in [2.75, 3.05) is 7.05 Å². The molecule has 1 heterocycles. The van der Waals surface area contributed by atoms with Crippen LogP contribution in [0, 0.1) is 5.82 Å². The van der Waals surface area contributed by atoms with Gasteiger partial charge < -0.3 is 5.32 Å². The normalized spacial score (nSPS) is 10.7. The first-order valence-corrected chi connectivity index (χ1v) is 5.23. The lowest BCUT2D eigenvalue weighted by molar-refractivity contribution is 0.609. The van der Waals surface area contributed by atoms with Crippen molar-refractivity contribution >= 4 is 11.6 Å². The predicted molar refractivity (Wildman–Crippen MR) is 61.3 cm³/mol. The molecule has 1 N–H and O–H groups in total. The van der Waals surface area contributed by atoms with Gasteiger partial charge in [-0.1, -0.05) is 23.7 Å². The highest BCUT2D eigenvalue weighted by Gasteiger charge is 2.09. The first-order chi connectivity index (χ1) is 7.72. The van der Waals surface area contributed by atoms with Crippen molar-refractivity contribution in [2.24, 2.45) is 0 Å². The lowest BCUT2D eigenvalue weighted by Gasteiger charge is -2.01. The van der Waals surface area contributed by atoms with E-state index >= 15 is 0 Å². The molecule has 1 aromatic carbocycles. The number of rotatable bonds is 3. The summed E-state index contributed by atoms with van der Waals surface area (Å²) in [5.41, 5.74) is 1.10. The third kappa shape index (κ3) is 2.08. The third-order valence-electron chi connectivity index (χ3n) is 2.18. The molecule has 0 aliphatic rings. The minimum absolute atomic E-state index is 0.322. The summed E-state index contributed by atoms with van der Waals surface area (Å²) in [5.74, 6) is -0.322. The van der Waals surface area contributed by atoms with Gasteiger partial charge in [-0.15, -0.1) is 0 Å². The fourth-order valence-corrected chi connectivity index (χ4v) is 1.63. The van der Waals surface area contributed by atoms with E-state index in [2.05, 4.69) is 10.4 Å². The maximum atomic E-state index is 13.5. The van der Waals surface area contributed by atoms with Crippen LogP contribution in [0.5, 0.6) is 0 Å². The number of hydrogen-bond donors (Lipinski definition) is 1. The topological polar surface area (TPSA) is 29.9 Å². The summed E-state index contributed by atoms with van der Waals surface area (Å²) in [4.78, 5) is 0. The van der Waals surface area contributed by atoms with Gasteiger partial charge in [0, 0.05) is 12.7 Å². The van der Waals surface area contributed by atoms with Gasteiger partial charge in [-0.05, 0) is 19.2 Å². The second-order valence-corrected chi connectivity index (χ2v) is 3.76. The Kier molecular flexibility index (Phi) is 3.22. The minimum atomic E-state index is -0.322. The van der Waals surface area contributed by atoms with Crippen LogP contribution in [-0.4, -0.2) is 16.8 Å². The monoisotopic (exact) mass is 239 g/mol. The summed E-state index contributed by atoms with van der Waals surface area (Å²) in [6.07, 6.45) is 1.60. The van der Waals surface area contributed by atoms with Gasteiger partial charge >= 0.3 is 0 Å². The molecule has 0 bridgehead atoms. The summed E-state index contributed by atoms with van der Waals surface area (Å²) >= 11 is 5.98. The molecule has 5 heteroatoms. The molecule has 3 nitrogen and oxygen atoms in total. The summed E-state index contributed by atoms with van der Waals surface area (Å²) in [7, 11) is 1.80. The zero-order valence-corrected chi connectivity index (χ0v) is 9.50. The van der Waals surface area contributed by atoms with Gasteiger partial charge in [0.2, 0.25) is 0 Å². The summed E-state index contributed by atoms with van der Waals surface area (Å²) in [6, 6.07) is 6.44. The van der Waals surface area contributed by atoms with Crippen molar-refractivity contribution in [2.45, 2.75) is 6.54 Å². The van der Waals surface area contributed by atoms with Crippen LogP contribution in [0.3, 0.4) is 0 Å². The predicted octanol–water partition coefficient (Wildman–Crippen LogP) is 2.38. The number of aromatic nitrogens is 2.